The smallest absolute Gasteiger partial charge is 0.282 e. The summed E-state index contributed by atoms with van der Waals surface area (Å²) in [4.78, 5) is 28.6. The Labute approximate surface area is 176 Å². The average molecular weight is 457 g/mol. The van der Waals surface area contributed by atoms with Gasteiger partial charge in [-0.1, -0.05) is 36.7 Å². The highest BCUT2D eigenvalue weighted by Crippen LogP contribution is 2.23. The minimum atomic E-state index is -0.542. The van der Waals surface area contributed by atoms with Gasteiger partial charge in [0, 0.05) is 9.89 Å². The fraction of sp³-hybridized carbons (Fsp3) is 0.238. The van der Waals surface area contributed by atoms with Crippen LogP contribution in [-0.2, 0) is 10.2 Å². The summed E-state index contributed by atoms with van der Waals surface area (Å²) in [5.41, 5.74) is 5.84. The van der Waals surface area contributed by atoms with Crippen LogP contribution in [0.4, 0.5) is 0 Å². The molecule has 0 bridgehead atoms. The number of benzene rings is 2. The highest BCUT2D eigenvalue weighted by Gasteiger charge is 2.22. The van der Waals surface area contributed by atoms with Gasteiger partial charge in [0.1, 0.15) is 11.6 Å². The van der Waals surface area contributed by atoms with E-state index in [-0.39, 0.29) is 17.6 Å². The first-order valence-corrected chi connectivity index (χ1v) is 9.73. The van der Waals surface area contributed by atoms with Crippen molar-refractivity contribution in [3.8, 4) is 5.75 Å². The Hall–Kier alpha value is -3.00. The number of nitrogens with two attached hydrogens (primary N) is 1. The van der Waals surface area contributed by atoms with E-state index in [0.717, 1.165) is 10.0 Å². The quantitative estimate of drug-likeness (QED) is 0.595. The van der Waals surface area contributed by atoms with Crippen LogP contribution in [0.15, 0.2) is 56.8 Å². The van der Waals surface area contributed by atoms with E-state index in [2.05, 4.69) is 26.0 Å². The van der Waals surface area contributed by atoms with E-state index < -0.39 is 5.91 Å². The molecule has 0 aliphatic carbocycles. The van der Waals surface area contributed by atoms with Gasteiger partial charge in [0.05, 0.1) is 17.1 Å². The molecule has 0 fully saturated rings. The van der Waals surface area contributed by atoms with Crippen LogP contribution in [0.2, 0.25) is 0 Å². The monoisotopic (exact) mass is 456 g/mol. The van der Waals surface area contributed by atoms with Crippen LogP contribution in [0.1, 0.15) is 32.2 Å². The lowest BCUT2D eigenvalue weighted by Crippen LogP contribution is -2.29. The van der Waals surface area contributed by atoms with Gasteiger partial charge in [0.15, 0.2) is 6.61 Å². The minimum Gasteiger partial charge on any atom is -0.484 e. The van der Waals surface area contributed by atoms with Crippen molar-refractivity contribution in [3.05, 3.63) is 68.7 Å². The molecule has 0 aliphatic rings. The van der Waals surface area contributed by atoms with E-state index >= 15 is 0 Å². The third kappa shape index (κ3) is 4.89. The molecule has 0 aliphatic heterocycles. The fourth-order valence-corrected chi connectivity index (χ4v) is 3.03. The van der Waals surface area contributed by atoms with Crippen LogP contribution in [0.25, 0.3) is 10.9 Å². The molecule has 1 aromatic heterocycles. The number of carbonyl (C=O) groups is 1. The zero-order chi connectivity index (χ0) is 21.2. The predicted octanol–water partition coefficient (Wildman–Crippen LogP) is 3.20. The second-order valence-corrected chi connectivity index (χ2v) is 8.45. The summed E-state index contributed by atoms with van der Waals surface area (Å²) in [6.07, 6.45) is 1.58. The maximum absolute atomic E-state index is 13.1. The largest absolute Gasteiger partial charge is 0.484 e. The number of fused-ring (bicyclic) bond motifs is 1. The molecule has 2 aromatic carbocycles. The highest BCUT2D eigenvalue weighted by atomic mass is 79.9. The summed E-state index contributed by atoms with van der Waals surface area (Å²) < 4.78 is 7.38. The van der Waals surface area contributed by atoms with Crippen LogP contribution in [0.5, 0.6) is 5.75 Å². The number of ether oxygens (including phenoxy) is 1. The van der Waals surface area contributed by atoms with Crippen LogP contribution in [0.3, 0.4) is 0 Å². The van der Waals surface area contributed by atoms with E-state index in [9.17, 15) is 9.59 Å². The molecule has 0 saturated heterocycles. The third-order valence-electron chi connectivity index (χ3n) is 4.06. The van der Waals surface area contributed by atoms with Crippen molar-refractivity contribution in [2.24, 2.45) is 10.8 Å². The van der Waals surface area contributed by atoms with Gasteiger partial charge in [0.25, 0.3) is 11.5 Å². The number of amides is 1. The Morgan fingerprint density at radius 2 is 1.93 bits per heavy atom. The molecule has 7 nitrogen and oxygen atoms in total. The van der Waals surface area contributed by atoms with Gasteiger partial charge in [-0.05, 0) is 48.0 Å². The molecule has 150 valence electrons. The number of rotatable bonds is 5. The van der Waals surface area contributed by atoms with Gasteiger partial charge in [-0.15, -0.1) is 0 Å². The number of hydrogen-bond donors (Lipinski definition) is 1. The molecule has 1 heterocycles. The van der Waals surface area contributed by atoms with Crippen LogP contribution >= 0.6 is 15.9 Å². The SMILES string of the molecule is CC(C)(C)c1nc2ccc(Br)cc2c(=O)n1N=Cc1ccc(OCC(N)=O)cc1. The Kier molecular flexibility index (Phi) is 5.83. The predicted molar refractivity (Wildman–Crippen MR) is 117 cm³/mol. The van der Waals surface area contributed by atoms with Gasteiger partial charge in [-0.3, -0.25) is 9.59 Å². The summed E-state index contributed by atoms with van der Waals surface area (Å²) in [7, 11) is 0. The molecule has 2 N–H and O–H groups in total. The van der Waals surface area contributed by atoms with Crippen molar-refractivity contribution in [1.29, 1.82) is 0 Å². The number of halogens is 1. The molecule has 0 radical (unpaired) electrons. The topological polar surface area (TPSA) is 99.6 Å². The lowest BCUT2D eigenvalue weighted by Gasteiger charge is -2.20. The van der Waals surface area contributed by atoms with Crippen molar-refractivity contribution >= 4 is 39.0 Å². The lowest BCUT2D eigenvalue weighted by molar-refractivity contribution is -0.119. The van der Waals surface area contributed by atoms with Gasteiger partial charge in [0.2, 0.25) is 0 Å². The molecule has 8 heteroatoms. The summed E-state index contributed by atoms with van der Waals surface area (Å²) >= 11 is 3.40. The third-order valence-corrected chi connectivity index (χ3v) is 4.56. The normalized spacial score (nSPS) is 11.9. The summed E-state index contributed by atoms with van der Waals surface area (Å²) in [6.45, 7) is 5.76. The van der Waals surface area contributed by atoms with Crippen molar-refractivity contribution in [2.75, 3.05) is 6.61 Å². The molecule has 3 rings (SSSR count). The molecule has 0 unspecified atom stereocenters. The maximum atomic E-state index is 13.1. The molecular formula is C21H21BrN4O3. The van der Waals surface area contributed by atoms with Crippen molar-refractivity contribution in [2.45, 2.75) is 26.2 Å². The Morgan fingerprint density at radius 3 is 2.55 bits per heavy atom. The fourth-order valence-electron chi connectivity index (χ4n) is 2.67. The molecule has 0 atom stereocenters. The number of nitrogens with zero attached hydrogens (tertiary/aromatic N) is 3. The Morgan fingerprint density at radius 1 is 1.24 bits per heavy atom. The first-order chi connectivity index (χ1) is 13.6. The van der Waals surface area contributed by atoms with Crippen molar-refractivity contribution < 1.29 is 9.53 Å². The van der Waals surface area contributed by atoms with Crippen LogP contribution < -0.4 is 16.0 Å². The van der Waals surface area contributed by atoms with E-state index in [0.29, 0.717) is 22.5 Å². The summed E-state index contributed by atoms with van der Waals surface area (Å²) in [6, 6.07) is 12.4. The molecule has 29 heavy (non-hydrogen) atoms. The minimum absolute atomic E-state index is 0.184. The van der Waals surface area contributed by atoms with Crippen molar-refractivity contribution in [3.63, 3.8) is 0 Å². The number of primary amides is 1. The van der Waals surface area contributed by atoms with Gasteiger partial charge >= 0.3 is 0 Å². The molecule has 0 spiro atoms. The first kappa shape index (κ1) is 20.7. The number of hydrogen-bond acceptors (Lipinski definition) is 5. The second kappa shape index (κ2) is 8.16. The maximum Gasteiger partial charge on any atom is 0.282 e. The van der Waals surface area contributed by atoms with E-state index in [1.807, 2.05) is 32.9 Å². The Bertz CT molecular complexity index is 1150. The zero-order valence-corrected chi connectivity index (χ0v) is 17.9. The van der Waals surface area contributed by atoms with Crippen molar-refractivity contribution in [1.82, 2.24) is 9.66 Å². The average Bonchev–Trinajstić information content (AvgIpc) is 2.66. The summed E-state index contributed by atoms with van der Waals surface area (Å²) in [5, 5.41) is 4.90. The molecular weight excluding hydrogens is 436 g/mol. The Balaban J connectivity index is 2.01. The van der Waals surface area contributed by atoms with E-state index in [4.69, 9.17) is 10.5 Å². The second-order valence-electron chi connectivity index (χ2n) is 7.53. The molecule has 3 aromatic rings. The number of aromatic nitrogens is 2. The molecule has 0 saturated carbocycles. The first-order valence-electron chi connectivity index (χ1n) is 8.93. The zero-order valence-electron chi connectivity index (χ0n) is 16.3. The van der Waals surface area contributed by atoms with E-state index in [1.54, 1.807) is 36.5 Å². The van der Waals surface area contributed by atoms with E-state index in [1.165, 1.54) is 4.68 Å². The number of carbonyl (C=O) groups excluding carboxylic acids is 1. The van der Waals surface area contributed by atoms with Crippen LogP contribution in [-0.4, -0.2) is 28.4 Å². The standard InChI is InChI=1S/C21H21BrN4O3/c1-21(2,3)20-25-17-9-6-14(22)10-16(17)19(28)26(20)24-11-13-4-7-15(8-5-13)29-12-18(23)27/h4-11H,12H2,1-3H3,(H2,23,27). The van der Waals surface area contributed by atoms with Gasteiger partial charge in [-0.2, -0.15) is 9.78 Å². The highest BCUT2D eigenvalue weighted by molar-refractivity contribution is 9.10. The lowest BCUT2D eigenvalue weighted by atomic mass is 9.95. The van der Waals surface area contributed by atoms with Crippen LogP contribution in [0, 0.1) is 0 Å². The molecule has 1 amide bonds. The van der Waals surface area contributed by atoms with Gasteiger partial charge in [-0.25, -0.2) is 4.98 Å². The summed E-state index contributed by atoms with van der Waals surface area (Å²) in [5.74, 6) is 0.542. The van der Waals surface area contributed by atoms with Gasteiger partial charge < -0.3 is 10.5 Å².